The summed E-state index contributed by atoms with van der Waals surface area (Å²) < 4.78 is 31.5. The molecule has 0 heterocycles. The average molecular weight is 480 g/mol. The number of sulfonamides is 1. The topological polar surface area (TPSA) is 88.1 Å². The minimum absolute atomic E-state index is 0.318. The highest BCUT2D eigenvalue weighted by molar-refractivity contribution is 7.92. The Bertz CT molecular complexity index is 1220. The van der Waals surface area contributed by atoms with Crippen LogP contribution in [0.15, 0.2) is 84.0 Å². The normalized spacial score (nSPS) is 11.5. The van der Waals surface area contributed by atoms with E-state index in [9.17, 15) is 13.2 Å². The molecule has 0 saturated heterocycles. The molecule has 1 N–H and O–H groups in total. The number of benzene rings is 3. The van der Waals surface area contributed by atoms with Gasteiger partial charge in [-0.05, 0) is 41.3 Å². The molecule has 0 atom stereocenters. The third-order valence-electron chi connectivity index (χ3n) is 5.08. The van der Waals surface area contributed by atoms with Crippen LogP contribution >= 0.6 is 0 Å². The maximum absolute atomic E-state index is 12.5. The fraction of sp³-hybridized carbons (Fsp3) is 0.231. The van der Waals surface area contributed by atoms with Crippen LogP contribution < -0.4 is 14.5 Å². The molecule has 0 aliphatic rings. The van der Waals surface area contributed by atoms with E-state index in [4.69, 9.17) is 4.74 Å². The molecule has 0 unspecified atom stereocenters. The van der Waals surface area contributed by atoms with Crippen LogP contribution in [0.1, 0.15) is 36.5 Å². The molecule has 0 saturated carbocycles. The molecule has 34 heavy (non-hydrogen) atoms. The largest absolute Gasteiger partial charge is 0.488 e. The number of nitrogens with one attached hydrogen (secondary N) is 1. The zero-order chi connectivity index (χ0) is 24.6. The van der Waals surface area contributed by atoms with Gasteiger partial charge in [-0.3, -0.25) is 9.10 Å². The molecule has 0 aliphatic carbocycles. The van der Waals surface area contributed by atoms with Crippen LogP contribution in [0.2, 0.25) is 0 Å². The summed E-state index contributed by atoms with van der Waals surface area (Å²) in [5.74, 6) is 0.377. The monoisotopic (exact) mass is 479 g/mol. The summed E-state index contributed by atoms with van der Waals surface area (Å²) >= 11 is 0. The fourth-order valence-electron chi connectivity index (χ4n) is 3.22. The molecule has 0 aromatic heterocycles. The van der Waals surface area contributed by atoms with Crippen molar-refractivity contribution in [1.82, 2.24) is 5.43 Å². The van der Waals surface area contributed by atoms with Gasteiger partial charge in [-0.25, -0.2) is 13.8 Å². The minimum atomic E-state index is -3.66. The quantitative estimate of drug-likeness (QED) is 0.347. The van der Waals surface area contributed by atoms with Gasteiger partial charge in [0.25, 0.3) is 5.91 Å². The van der Waals surface area contributed by atoms with Gasteiger partial charge >= 0.3 is 0 Å². The van der Waals surface area contributed by atoms with E-state index in [1.54, 1.807) is 12.1 Å². The summed E-state index contributed by atoms with van der Waals surface area (Å²) in [5, 5.41) is 4.00. The van der Waals surface area contributed by atoms with E-state index in [2.05, 4.69) is 24.4 Å². The summed E-state index contributed by atoms with van der Waals surface area (Å²) in [7, 11) is -3.66. The van der Waals surface area contributed by atoms with Crippen molar-refractivity contribution in [2.75, 3.05) is 17.1 Å². The van der Waals surface area contributed by atoms with Gasteiger partial charge in [-0.1, -0.05) is 68.4 Å². The first-order valence-corrected chi connectivity index (χ1v) is 12.7. The number of para-hydroxylation sites is 1. The summed E-state index contributed by atoms with van der Waals surface area (Å²) in [6.07, 6.45) is 2.54. The molecular formula is C26H29N3O4S. The molecule has 0 bridgehead atoms. The van der Waals surface area contributed by atoms with Crippen LogP contribution in [0.4, 0.5) is 5.69 Å². The minimum Gasteiger partial charge on any atom is -0.488 e. The molecule has 8 heteroatoms. The van der Waals surface area contributed by atoms with E-state index in [-0.39, 0.29) is 6.54 Å². The van der Waals surface area contributed by atoms with Gasteiger partial charge in [0.2, 0.25) is 10.0 Å². The number of hydrogen-bond donors (Lipinski definition) is 1. The van der Waals surface area contributed by atoms with Gasteiger partial charge in [0.1, 0.15) is 18.9 Å². The zero-order valence-corrected chi connectivity index (χ0v) is 20.3. The van der Waals surface area contributed by atoms with Crippen molar-refractivity contribution in [3.8, 4) is 5.75 Å². The first-order valence-electron chi connectivity index (χ1n) is 10.9. The third kappa shape index (κ3) is 7.18. The Kier molecular flexibility index (Phi) is 8.43. The second kappa shape index (κ2) is 11.5. The zero-order valence-electron chi connectivity index (χ0n) is 19.5. The number of hydrogen-bond acceptors (Lipinski definition) is 5. The number of hydrazone groups is 1. The third-order valence-corrected chi connectivity index (χ3v) is 6.22. The van der Waals surface area contributed by atoms with Crippen LogP contribution in [-0.4, -0.2) is 33.3 Å². The maximum Gasteiger partial charge on any atom is 0.260 e. The van der Waals surface area contributed by atoms with Crippen molar-refractivity contribution >= 4 is 27.8 Å². The maximum atomic E-state index is 12.5. The van der Waals surface area contributed by atoms with Crippen molar-refractivity contribution < 1.29 is 17.9 Å². The lowest BCUT2D eigenvalue weighted by Crippen LogP contribution is -2.39. The molecule has 178 valence electrons. The summed E-state index contributed by atoms with van der Waals surface area (Å²) in [6, 6.07) is 24.2. The molecule has 0 spiro atoms. The van der Waals surface area contributed by atoms with Gasteiger partial charge < -0.3 is 4.74 Å². The van der Waals surface area contributed by atoms with Crippen molar-refractivity contribution in [1.29, 1.82) is 0 Å². The number of rotatable bonds is 10. The van der Waals surface area contributed by atoms with Crippen molar-refractivity contribution in [3.63, 3.8) is 0 Å². The van der Waals surface area contributed by atoms with E-state index in [1.807, 2.05) is 66.7 Å². The summed E-state index contributed by atoms with van der Waals surface area (Å²) in [6.45, 7) is 4.12. The number of anilines is 1. The molecule has 1 amide bonds. The summed E-state index contributed by atoms with van der Waals surface area (Å²) in [4.78, 5) is 12.5. The highest BCUT2D eigenvalue weighted by Gasteiger charge is 2.20. The first kappa shape index (κ1) is 25.0. The fourth-order valence-corrected chi connectivity index (χ4v) is 4.08. The van der Waals surface area contributed by atoms with Gasteiger partial charge in [-0.15, -0.1) is 0 Å². The number of ether oxygens (including phenoxy) is 1. The predicted molar refractivity (Wildman–Crippen MR) is 136 cm³/mol. The van der Waals surface area contributed by atoms with Gasteiger partial charge in [-0.2, -0.15) is 5.10 Å². The van der Waals surface area contributed by atoms with Crippen LogP contribution in [0.25, 0.3) is 0 Å². The van der Waals surface area contributed by atoms with Crippen LogP contribution in [0.5, 0.6) is 5.75 Å². The van der Waals surface area contributed by atoms with Crippen molar-refractivity contribution in [3.05, 3.63) is 95.6 Å². The second-order valence-corrected chi connectivity index (χ2v) is 10.0. The molecule has 0 aliphatic heterocycles. The second-order valence-electron chi connectivity index (χ2n) is 8.12. The van der Waals surface area contributed by atoms with Crippen LogP contribution in [-0.2, 0) is 21.4 Å². The van der Waals surface area contributed by atoms with Gasteiger partial charge in [0, 0.05) is 5.56 Å². The lowest BCUT2D eigenvalue weighted by atomic mass is 10.0. The molecule has 3 aromatic carbocycles. The average Bonchev–Trinajstić information content (AvgIpc) is 2.82. The van der Waals surface area contributed by atoms with Crippen LogP contribution in [0.3, 0.4) is 0 Å². The van der Waals surface area contributed by atoms with Gasteiger partial charge in [0.05, 0.1) is 18.2 Å². The lowest BCUT2D eigenvalue weighted by Gasteiger charge is -2.21. The smallest absolute Gasteiger partial charge is 0.260 e. The lowest BCUT2D eigenvalue weighted by molar-refractivity contribution is -0.119. The Balaban J connectivity index is 1.64. The molecular weight excluding hydrogens is 450 g/mol. The SMILES string of the molecule is CC(C)c1ccc(N(CC(=O)N/N=C\c2ccccc2OCc2ccccc2)S(C)(=O)=O)cc1. The van der Waals surface area contributed by atoms with E-state index in [0.29, 0.717) is 29.5 Å². The molecule has 3 aromatic rings. The molecule has 7 nitrogen and oxygen atoms in total. The highest BCUT2D eigenvalue weighted by Crippen LogP contribution is 2.22. The predicted octanol–water partition coefficient (Wildman–Crippen LogP) is 4.31. The number of nitrogens with zero attached hydrogens (tertiary/aromatic N) is 2. The Morgan fingerprint density at radius 1 is 1.00 bits per heavy atom. The summed E-state index contributed by atoms with van der Waals surface area (Å²) in [5.41, 5.74) is 5.62. The highest BCUT2D eigenvalue weighted by atomic mass is 32.2. The Hall–Kier alpha value is -3.65. The number of carbonyl (C=O) groups is 1. The number of carbonyl (C=O) groups excluding carboxylic acids is 1. The van der Waals surface area contributed by atoms with E-state index >= 15 is 0 Å². The van der Waals surface area contributed by atoms with E-state index in [0.717, 1.165) is 21.7 Å². The molecule has 3 rings (SSSR count). The van der Waals surface area contributed by atoms with E-state index in [1.165, 1.54) is 6.21 Å². The molecule has 0 fully saturated rings. The van der Waals surface area contributed by atoms with E-state index < -0.39 is 15.9 Å². The van der Waals surface area contributed by atoms with Crippen molar-refractivity contribution in [2.24, 2.45) is 5.10 Å². The first-order chi connectivity index (χ1) is 16.2. The van der Waals surface area contributed by atoms with Crippen LogP contribution in [0, 0.1) is 0 Å². The standard InChI is InChI=1S/C26H29N3O4S/c1-20(2)22-13-15-24(16-14-22)29(34(3,31)32)18-26(30)28-27-17-23-11-7-8-12-25(23)33-19-21-9-5-4-6-10-21/h4-17,20H,18-19H2,1-3H3,(H,28,30)/b27-17-. The Morgan fingerprint density at radius 3 is 2.29 bits per heavy atom. The Morgan fingerprint density at radius 2 is 1.65 bits per heavy atom. The number of amides is 1. The Labute approximate surface area is 201 Å². The van der Waals surface area contributed by atoms with Crippen molar-refractivity contribution in [2.45, 2.75) is 26.4 Å². The molecule has 0 radical (unpaired) electrons. The van der Waals surface area contributed by atoms with Gasteiger partial charge in [0.15, 0.2) is 0 Å².